The van der Waals surface area contributed by atoms with Crippen LogP contribution in [0.4, 0.5) is 0 Å². The van der Waals surface area contributed by atoms with Crippen molar-refractivity contribution >= 4 is 22.1 Å². The van der Waals surface area contributed by atoms with Crippen LogP contribution in [0.15, 0.2) is 60.0 Å². The number of hydrogen-bond donors (Lipinski definition) is 0. The molecule has 2 aromatic carbocycles. The SMILES string of the molecule is COc1ccc(-c2nc(CS(=O)Cc3ccccc3)cs2)cc1. The lowest BCUT2D eigenvalue weighted by atomic mass is 10.2. The van der Waals surface area contributed by atoms with E-state index in [1.165, 1.54) is 0 Å². The van der Waals surface area contributed by atoms with Crippen molar-refractivity contribution < 1.29 is 8.95 Å². The topological polar surface area (TPSA) is 39.2 Å². The number of aromatic nitrogens is 1. The van der Waals surface area contributed by atoms with Crippen molar-refractivity contribution in [2.45, 2.75) is 11.5 Å². The number of methoxy groups -OCH3 is 1. The Kier molecular flexibility index (Phi) is 5.20. The average Bonchev–Trinajstić information content (AvgIpc) is 3.04. The standard InChI is InChI=1S/C18H17NO2S2/c1-21-17-9-7-15(8-10-17)18-19-16(11-22-18)13-23(20)12-14-5-3-2-4-6-14/h2-11H,12-13H2,1H3. The molecule has 118 valence electrons. The summed E-state index contributed by atoms with van der Waals surface area (Å²) in [6, 6.07) is 17.7. The molecule has 0 aliphatic carbocycles. The van der Waals surface area contributed by atoms with Gasteiger partial charge in [0.15, 0.2) is 0 Å². The van der Waals surface area contributed by atoms with Crippen molar-refractivity contribution in [2.75, 3.05) is 7.11 Å². The molecule has 0 saturated heterocycles. The van der Waals surface area contributed by atoms with Gasteiger partial charge >= 0.3 is 0 Å². The van der Waals surface area contributed by atoms with Crippen molar-refractivity contribution in [1.82, 2.24) is 4.98 Å². The van der Waals surface area contributed by atoms with Crippen LogP contribution >= 0.6 is 11.3 Å². The highest BCUT2D eigenvalue weighted by Crippen LogP contribution is 2.26. The zero-order chi connectivity index (χ0) is 16.1. The second kappa shape index (κ2) is 7.53. The van der Waals surface area contributed by atoms with Gasteiger partial charge in [-0.2, -0.15) is 0 Å². The van der Waals surface area contributed by atoms with Gasteiger partial charge in [-0.25, -0.2) is 4.98 Å². The lowest BCUT2D eigenvalue weighted by molar-refractivity contribution is 0.415. The summed E-state index contributed by atoms with van der Waals surface area (Å²) in [6.07, 6.45) is 0. The highest BCUT2D eigenvalue weighted by Gasteiger charge is 2.09. The minimum Gasteiger partial charge on any atom is -0.497 e. The summed E-state index contributed by atoms with van der Waals surface area (Å²) >= 11 is 1.58. The maximum absolute atomic E-state index is 12.3. The minimum absolute atomic E-state index is 0.488. The van der Waals surface area contributed by atoms with Crippen molar-refractivity contribution in [1.29, 1.82) is 0 Å². The van der Waals surface area contributed by atoms with Gasteiger partial charge in [0.05, 0.1) is 18.6 Å². The third-order valence-corrected chi connectivity index (χ3v) is 5.58. The van der Waals surface area contributed by atoms with Crippen LogP contribution in [0.3, 0.4) is 0 Å². The molecule has 0 radical (unpaired) electrons. The van der Waals surface area contributed by atoms with Crippen LogP contribution in [-0.2, 0) is 22.3 Å². The molecule has 23 heavy (non-hydrogen) atoms. The van der Waals surface area contributed by atoms with Crippen LogP contribution < -0.4 is 4.74 Å². The lowest BCUT2D eigenvalue weighted by Gasteiger charge is -2.01. The molecule has 0 aliphatic rings. The molecule has 0 aliphatic heterocycles. The number of ether oxygens (including phenoxy) is 1. The van der Waals surface area contributed by atoms with Crippen molar-refractivity contribution in [2.24, 2.45) is 0 Å². The number of benzene rings is 2. The molecule has 0 saturated carbocycles. The van der Waals surface area contributed by atoms with E-state index in [1.54, 1.807) is 18.4 Å². The van der Waals surface area contributed by atoms with E-state index < -0.39 is 10.8 Å². The summed E-state index contributed by atoms with van der Waals surface area (Å²) in [4.78, 5) is 4.60. The van der Waals surface area contributed by atoms with E-state index in [1.807, 2.05) is 60.0 Å². The molecule has 3 nitrogen and oxygen atoms in total. The molecule has 1 unspecified atom stereocenters. The largest absolute Gasteiger partial charge is 0.497 e. The van der Waals surface area contributed by atoms with Gasteiger partial charge in [-0.15, -0.1) is 11.3 Å². The van der Waals surface area contributed by atoms with E-state index in [2.05, 4.69) is 4.98 Å². The monoisotopic (exact) mass is 343 g/mol. The zero-order valence-electron chi connectivity index (χ0n) is 12.8. The number of rotatable bonds is 6. The highest BCUT2D eigenvalue weighted by molar-refractivity contribution is 7.83. The highest BCUT2D eigenvalue weighted by atomic mass is 32.2. The van der Waals surface area contributed by atoms with E-state index in [4.69, 9.17) is 4.74 Å². The molecule has 3 aromatic rings. The zero-order valence-corrected chi connectivity index (χ0v) is 14.4. The van der Waals surface area contributed by atoms with E-state index in [-0.39, 0.29) is 0 Å². The quantitative estimate of drug-likeness (QED) is 0.671. The Hall–Kier alpha value is -1.98. The molecule has 1 atom stereocenters. The number of thiazole rings is 1. The Morgan fingerprint density at radius 1 is 1.04 bits per heavy atom. The summed E-state index contributed by atoms with van der Waals surface area (Å²) < 4.78 is 17.4. The molecule has 1 heterocycles. The average molecular weight is 343 g/mol. The predicted octanol–water partition coefficient (Wildman–Crippen LogP) is 4.27. The summed E-state index contributed by atoms with van der Waals surface area (Å²) in [7, 11) is 0.705. The fraction of sp³-hybridized carbons (Fsp3) is 0.167. The van der Waals surface area contributed by atoms with Gasteiger partial charge < -0.3 is 4.74 Å². The molecule has 0 N–H and O–H groups in total. The molecule has 1 aromatic heterocycles. The van der Waals surface area contributed by atoms with E-state index >= 15 is 0 Å². The van der Waals surface area contributed by atoms with E-state index in [0.717, 1.165) is 27.6 Å². The minimum atomic E-state index is -0.946. The van der Waals surface area contributed by atoms with Gasteiger partial charge in [0.25, 0.3) is 0 Å². The first-order chi connectivity index (χ1) is 11.2. The Bertz CT molecular complexity index is 782. The Morgan fingerprint density at radius 2 is 1.78 bits per heavy atom. The van der Waals surface area contributed by atoms with Crippen LogP contribution in [0.1, 0.15) is 11.3 Å². The predicted molar refractivity (Wildman–Crippen MR) is 96.1 cm³/mol. The molecule has 0 amide bonds. The lowest BCUT2D eigenvalue weighted by Crippen LogP contribution is -1.99. The first kappa shape index (κ1) is 15.9. The van der Waals surface area contributed by atoms with Gasteiger partial charge in [-0.3, -0.25) is 4.21 Å². The van der Waals surface area contributed by atoms with Crippen LogP contribution in [0.25, 0.3) is 10.6 Å². The maximum atomic E-state index is 12.3. The number of hydrogen-bond acceptors (Lipinski definition) is 4. The molecular weight excluding hydrogens is 326 g/mol. The first-order valence-corrected chi connectivity index (χ1v) is 9.59. The third kappa shape index (κ3) is 4.27. The summed E-state index contributed by atoms with van der Waals surface area (Å²) in [5, 5.41) is 2.93. The van der Waals surface area contributed by atoms with Gasteiger partial charge in [0.1, 0.15) is 10.8 Å². The third-order valence-electron chi connectivity index (χ3n) is 3.37. The summed E-state index contributed by atoms with van der Waals surface area (Å²) in [6.45, 7) is 0. The van der Waals surface area contributed by atoms with Crippen molar-refractivity contribution in [3.05, 3.63) is 71.2 Å². The normalized spacial score (nSPS) is 12.0. The fourth-order valence-corrected chi connectivity index (χ4v) is 4.29. The van der Waals surface area contributed by atoms with Crippen LogP contribution in [0, 0.1) is 0 Å². The van der Waals surface area contributed by atoms with Crippen molar-refractivity contribution in [3.8, 4) is 16.3 Å². The van der Waals surface area contributed by atoms with Crippen LogP contribution in [0.5, 0.6) is 5.75 Å². The van der Waals surface area contributed by atoms with Gasteiger partial charge in [-0.1, -0.05) is 30.3 Å². The molecule has 0 fully saturated rings. The molecule has 0 spiro atoms. The maximum Gasteiger partial charge on any atom is 0.123 e. The molecular formula is C18H17NO2S2. The second-order valence-electron chi connectivity index (χ2n) is 5.09. The number of nitrogens with zero attached hydrogens (tertiary/aromatic N) is 1. The van der Waals surface area contributed by atoms with Gasteiger partial charge in [0.2, 0.25) is 0 Å². The Balaban J connectivity index is 1.65. The molecule has 0 bridgehead atoms. The smallest absolute Gasteiger partial charge is 0.123 e. The van der Waals surface area contributed by atoms with Crippen LogP contribution in [0.2, 0.25) is 0 Å². The Labute approximate surface area is 142 Å². The summed E-state index contributed by atoms with van der Waals surface area (Å²) in [5.74, 6) is 1.88. The fourth-order valence-electron chi connectivity index (χ4n) is 2.22. The molecule has 3 rings (SSSR count). The van der Waals surface area contributed by atoms with Crippen molar-refractivity contribution in [3.63, 3.8) is 0 Å². The van der Waals surface area contributed by atoms with Gasteiger partial charge in [0, 0.05) is 27.5 Å². The van der Waals surface area contributed by atoms with E-state index in [9.17, 15) is 4.21 Å². The summed E-state index contributed by atoms with van der Waals surface area (Å²) in [5.41, 5.74) is 3.03. The Morgan fingerprint density at radius 3 is 2.48 bits per heavy atom. The van der Waals surface area contributed by atoms with Crippen LogP contribution in [-0.4, -0.2) is 16.3 Å². The second-order valence-corrected chi connectivity index (χ2v) is 7.40. The first-order valence-electron chi connectivity index (χ1n) is 7.22. The molecule has 5 heteroatoms. The van der Waals surface area contributed by atoms with Gasteiger partial charge in [-0.05, 0) is 29.8 Å². The van der Waals surface area contributed by atoms with E-state index in [0.29, 0.717) is 11.5 Å².